The molecule has 2 nitrogen and oxygen atoms in total. The van der Waals surface area contributed by atoms with Gasteiger partial charge in [0.05, 0.1) is 5.92 Å². The summed E-state index contributed by atoms with van der Waals surface area (Å²) >= 11 is 6.99. The van der Waals surface area contributed by atoms with Gasteiger partial charge in [-0.15, -0.1) is 0 Å². The molecular formula is C23H19Br2NO. The molecule has 0 amide bonds. The highest BCUT2D eigenvalue weighted by Gasteiger charge is 2.38. The maximum Gasteiger partial charge on any atom is 0.144 e. The third-order valence-corrected chi connectivity index (χ3v) is 6.18. The van der Waals surface area contributed by atoms with Crippen LogP contribution < -0.4 is 5.32 Å². The lowest BCUT2D eigenvalue weighted by molar-refractivity contribution is -0.123. The van der Waals surface area contributed by atoms with E-state index in [4.69, 9.17) is 0 Å². The summed E-state index contributed by atoms with van der Waals surface area (Å²) < 4.78 is 2.08. The van der Waals surface area contributed by atoms with E-state index in [1.165, 1.54) is 0 Å². The third kappa shape index (κ3) is 4.08. The molecule has 136 valence electrons. The zero-order valence-electron chi connectivity index (χ0n) is 14.6. The molecule has 1 N–H and O–H groups in total. The van der Waals surface area contributed by atoms with Crippen molar-refractivity contribution in [1.29, 1.82) is 0 Å². The lowest BCUT2D eigenvalue weighted by atomic mass is 9.77. The molecule has 4 rings (SSSR count). The molecule has 3 aromatic carbocycles. The van der Waals surface area contributed by atoms with Crippen LogP contribution in [0.4, 0.5) is 0 Å². The molecule has 3 atom stereocenters. The molecular weight excluding hydrogens is 466 g/mol. The number of benzene rings is 3. The molecule has 3 aromatic rings. The number of hydrogen-bond donors (Lipinski definition) is 1. The first-order chi connectivity index (χ1) is 13.1. The van der Waals surface area contributed by atoms with Crippen LogP contribution in [0, 0.1) is 0 Å². The van der Waals surface area contributed by atoms with Crippen LogP contribution in [0.25, 0.3) is 0 Å². The number of rotatable bonds is 3. The lowest BCUT2D eigenvalue weighted by Gasteiger charge is -2.37. The van der Waals surface area contributed by atoms with Crippen molar-refractivity contribution in [1.82, 2.24) is 5.32 Å². The van der Waals surface area contributed by atoms with E-state index >= 15 is 0 Å². The second-order valence-electron chi connectivity index (χ2n) is 6.86. The maximum atomic E-state index is 13.2. The number of ketones is 1. The molecule has 0 radical (unpaired) electrons. The van der Waals surface area contributed by atoms with Crippen LogP contribution >= 0.6 is 31.9 Å². The fourth-order valence-electron chi connectivity index (χ4n) is 3.79. The summed E-state index contributed by atoms with van der Waals surface area (Å²) in [5, 5.41) is 3.75. The number of nitrogens with one attached hydrogen (secondary N) is 1. The Morgan fingerprint density at radius 2 is 1.26 bits per heavy atom. The smallest absolute Gasteiger partial charge is 0.144 e. The van der Waals surface area contributed by atoms with E-state index in [-0.39, 0.29) is 23.8 Å². The Morgan fingerprint density at radius 1 is 0.704 bits per heavy atom. The number of halogens is 2. The van der Waals surface area contributed by atoms with Gasteiger partial charge in [0.15, 0.2) is 0 Å². The molecule has 4 heteroatoms. The molecule has 0 aliphatic carbocycles. The van der Waals surface area contributed by atoms with Crippen molar-refractivity contribution in [2.75, 3.05) is 0 Å². The van der Waals surface area contributed by atoms with Crippen LogP contribution in [-0.2, 0) is 4.79 Å². The molecule has 0 spiro atoms. The number of piperidine rings is 1. The van der Waals surface area contributed by atoms with Crippen LogP contribution in [0.1, 0.15) is 41.1 Å². The van der Waals surface area contributed by atoms with Crippen molar-refractivity contribution < 1.29 is 4.79 Å². The number of carbonyl (C=O) groups is 1. The zero-order valence-corrected chi connectivity index (χ0v) is 17.8. The summed E-state index contributed by atoms with van der Waals surface area (Å²) in [6.07, 6.45) is 0.494. The Balaban J connectivity index is 1.73. The van der Waals surface area contributed by atoms with Gasteiger partial charge in [-0.3, -0.25) is 4.79 Å². The standard InChI is InChI=1S/C23H19Br2NO/c24-18-10-6-15(7-11-18)20-14-21(27)22(16-4-2-1-3-5-16)23(26-20)17-8-12-19(25)13-9-17/h1-13,20,22-23,26H,14H2/t20-,22+,23+/m1/s1. The molecule has 0 aromatic heterocycles. The first kappa shape index (κ1) is 18.6. The summed E-state index contributed by atoms with van der Waals surface area (Å²) in [6, 6.07) is 26.5. The zero-order chi connectivity index (χ0) is 18.8. The van der Waals surface area contributed by atoms with Gasteiger partial charge < -0.3 is 5.32 Å². The molecule has 1 aliphatic rings. The SMILES string of the molecule is O=C1C[C@H](c2ccc(Br)cc2)N[C@@H](c2ccc(Br)cc2)[C@H]1c1ccccc1. The summed E-state index contributed by atoms with van der Waals surface area (Å²) in [5.74, 6) is 0.0971. The summed E-state index contributed by atoms with van der Waals surface area (Å²) in [7, 11) is 0. The Labute approximate surface area is 176 Å². The van der Waals surface area contributed by atoms with E-state index in [2.05, 4.69) is 73.6 Å². The second-order valence-corrected chi connectivity index (χ2v) is 8.69. The minimum atomic E-state index is -0.181. The highest BCUT2D eigenvalue weighted by molar-refractivity contribution is 9.10. The van der Waals surface area contributed by atoms with Crippen LogP contribution in [-0.4, -0.2) is 5.78 Å². The van der Waals surface area contributed by atoms with E-state index in [1.807, 2.05) is 42.5 Å². The van der Waals surface area contributed by atoms with Crippen molar-refractivity contribution in [2.24, 2.45) is 0 Å². The number of Topliss-reactive ketones (excluding diaryl/α,β-unsaturated/α-hetero) is 1. The Morgan fingerprint density at radius 3 is 1.85 bits per heavy atom. The van der Waals surface area contributed by atoms with E-state index < -0.39 is 0 Å². The van der Waals surface area contributed by atoms with Gasteiger partial charge in [-0.1, -0.05) is 86.5 Å². The predicted octanol–water partition coefficient (Wildman–Crippen LogP) is 6.34. The molecule has 1 saturated heterocycles. The predicted molar refractivity (Wildman–Crippen MR) is 116 cm³/mol. The topological polar surface area (TPSA) is 29.1 Å². The van der Waals surface area contributed by atoms with Gasteiger partial charge >= 0.3 is 0 Å². The van der Waals surface area contributed by atoms with E-state index in [0.717, 1.165) is 25.6 Å². The molecule has 27 heavy (non-hydrogen) atoms. The van der Waals surface area contributed by atoms with Crippen LogP contribution in [0.3, 0.4) is 0 Å². The molecule has 1 aliphatic heterocycles. The molecule has 1 fully saturated rings. The molecule has 0 bridgehead atoms. The number of hydrogen-bond acceptors (Lipinski definition) is 2. The van der Waals surface area contributed by atoms with E-state index in [1.54, 1.807) is 0 Å². The fraction of sp³-hybridized carbons (Fsp3) is 0.174. The second kappa shape index (κ2) is 8.09. The van der Waals surface area contributed by atoms with Gasteiger partial charge in [0.2, 0.25) is 0 Å². The van der Waals surface area contributed by atoms with Crippen molar-refractivity contribution in [2.45, 2.75) is 24.4 Å². The molecule has 0 unspecified atom stereocenters. The van der Waals surface area contributed by atoms with Crippen molar-refractivity contribution in [3.05, 3.63) is 104 Å². The van der Waals surface area contributed by atoms with E-state index in [9.17, 15) is 4.79 Å². The normalized spacial score (nSPS) is 22.6. The van der Waals surface area contributed by atoms with Crippen LogP contribution in [0.5, 0.6) is 0 Å². The molecule has 1 heterocycles. The van der Waals surface area contributed by atoms with Gasteiger partial charge in [0, 0.05) is 27.4 Å². The van der Waals surface area contributed by atoms with Crippen molar-refractivity contribution >= 4 is 37.6 Å². The van der Waals surface area contributed by atoms with Crippen molar-refractivity contribution in [3.8, 4) is 0 Å². The number of carbonyl (C=O) groups excluding carboxylic acids is 1. The fourth-order valence-corrected chi connectivity index (χ4v) is 4.32. The average Bonchev–Trinajstić information content (AvgIpc) is 2.69. The highest BCUT2D eigenvalue weighted by Crippen LogP contribution is 2.41. The minimum absolute atomic E-state index is 0.0132. The van der Waals surface area contributed by atoms with Crippen LogP contribution in [0.15, 0.2) is 87.8 Å². The maximum absolute atomic E-state index is 13.2. The largest absolute Gasteiger partial charge is 0.302 e. The summed E-state index contributed by atoms with van der Waals surface area (Å²) in [4.78, 5) is 13.2. The quantitative estimate of drug-likeness (QED) is 0.469. The average molecular weight is 485 g/mol. The van der Waals surface area contributed by atoms with Gasteiger partial charge in [-0.25, -0.2) is 0 Å². The highest BCUT2D eigenvalue weighted by atomic mass is 79.9. The minimum Gasteiger partial charge on any atom is -0.302 e. The molecule has 0 saturated carbocycles. The van der Waals surface area contributed by atoms with E-state index in [0.29, 0.717) is 6.42 Å². The van der Waals surface area contributed by atoms with Gasteiger partial charge in [-0.2, -0.15) is 0 Å². The van der Waals surface area contributed by atoms with Crippen LogP contribution in [0.2, 0.25) is 0 Å². The Hall–Kier alpha value is -1.75. The Kier molecular flexibility index (Phi) is 5.58. The van der Waals surface area contributed by atoms with Crippen molar-refractivity contribution in [3.63, 3.8) is 0 Å². The third-order valence-electron chi connectivity index (χ3n) is 5.13. The summed E-state index contributed by atoms with van der Waals surface area (Å²) in [6.45, 7) is 0. The van der Waals surface area contributed by atoms with Gasteiger partial charge in [-0.05, 0) is 41.0 Å². The Bertz CT molecular complexity index is 923. The first-order valence-electron chi connectivity index (χ1n) is 8.96. The lowest BCUT2D eigenvalue weighted by Crippen LogP contribution is -2.41. The monoisotopic (exact) mass is 483 g/mol. The summed E-state index contributed by atoms with van der Waals surface area (Å²) in [5.41, 5.74) is 3.33. The van der Waals surface area contributed by atoms with Gasteiger partial charge in [0.25, 0.3) is 0 Å². The first-order valence-corrected chi connectivity index (χ1v) is 10.5. The van der Waals surface area contributed by atoms with Gasteiger partial charge in [0.1, 0.15) is 5.78 Å².